The van der Waals surface area contributed by atoms with Crippen LogP contribution in [0.1, 0.15) is 51.9 Å². The fourth-order valence-corrected chi connectivity index (χ4v) is 1.55. The summed E-state index contributed by atoms with van der Waals surface area (Å²) in [7, 11) is -4.23. The van der Waals surface area contributed by atoms with Crippen LogP contribution in [0, 0.1) is 0 Å². The predicted molar refractivity (Wildman–Crippen MR) is 55.5 cm³/mol. The molecule has 0 aliphatic carbocycles. The van der Waals surface area contributed by atoms with E-state index in [1.807, 2.05) is 0 Å². The van der Waals surface area contributed by atoms with Gasteiger partial charge in [-0.1, -0.05) is 45.4 Å². The Morgan fingerprint density at radius 3 is 1.93 bits per heavy atom. The molecule has 0 aromatic heterocycles. The van der Waals surface area contributed by atoms with Gasteiger partial charge in [-0.3, -0.25) is 4.55 Å². The van der Waals surface area contributed by atoms with Gasteiger partial charge in [-0.15, -0.1) is 0 Å². The number of hydrogen-bond acceptors (Lipinski definition) is 3. The molecule has 0 aromatic rings. The van der Waals surface area contributed by atoms with Gasteiger partial charge >= 0.3 is 10.4 Å². The van der Waals surface area contributed by atoms with E-state index >= 15 is 0 Å². The van der Waals surface area contributed by atoms with Crippen LogP contribution < -0.4 is 0 Å². The van der Waals surface area contributed by atoms with E-state index in [1.165, 1.54) is 25.7 Å². The molecule has 0 saturated carbocycles. The van der Waals surface area contributed by atoms with Gasteiger partial charge in [0.15, 0.2) is 0 Å². The Bertz CT molecular complexity index is 216. The Morgan fingerprint density at radius 1 is 1.00 bits per heavy atom. The van der Waals surface area contributed by atoms with Gasteiger partial charge in [-0.2, -0.15) is 8.42 Å². The van der Waals surface area contributed by atoms with Crippen molar-refractivity contribution in [2.75, 3.05) is 6.61 Å². The van der Waals surface area contributed by atoms with E-state index in [9.17, 15) is 8.42 Å². The van der Waals surface area contributed by atoms with Gasteiger partial charge in [-0.05, 0) is 6.42 Å². The van der Waals surface area contributed by atoms with Crippen molar-refractivity contribution in [3.63, 3.8) is 0 Å². The van der Waals surface area contributed by atoms with Crippen molar-refractivity contribution in [2.24, 2.45) is 0 Å². The van der Waals surface area contributed by atoms with Crippen molar-refractivity contribution in [1.29, 1.82) is 0 Å². The number of unbranched alkanes of at least 4 members (excludes halogenated alkanes) is 6. The van der Waals surface area contributed by atoms with Crippen LogP contribution in [0.2, 0.25) is 0 Å². The van der Waals surface area contributed by atoms with Gasteiger partial charge in [0.05, 0.1) is 6.61 Å². The summed E-state index contributed by atoms with van der Waals surface area (Å²) in [4.78, 5) is 0. The zero-order valence-electron chi connectivity index (χ0n) is 9.04. The third-order valence-corrected chi connectivity index (χ3v) is 2.44. The second-order valence-electron chi connectivity index (χ2n) is 3.37. The van der Waals surface area contributed by atoms with Gasteiger partial charge in [0.25, 0.3) is 0 Å². The molecule has 1 radical (unpaired) electrons. The van der Waals surface area contributed by atoms with Crippen LogP contribution in [0.4, 0.5) is 0 Å². The van der Waals surface area contributed by atoms with Crippen molar-refractivity contribution in [1.82, 2.24) is 0 Å². The molecule has 6 heteroatoms. The van der Waals surface area contributed by atoms with Crippen molar-refractivity contribution in [3.8, 4) is 0 Å². The SMILES string of the molecule is CCCCCCCCCOS(=O)(=O)O.[Cu]. The fraction of sp³-hybridized carbons (Fsp3) is 1.00. The van der Waals surface area contributed by atoms with E-state index in [1.54, 1.807) is 0 Å². The molecule has 0 spiro atoms. The van der Waals surface area contributed by atoms with Crippen LogP contribution in [0.15, 0.2) is 0 Å². The van der Waals surface area contributed by atoms with Crippen molar-refractivity contribution in [3.05, 3.63) is 0 Å². The molecule has 0 bridgehead atoms. The van der Waals surface area contributed by atoms with E-state index in [-0.39, 0.29) is 23.7 Å². The zero-order chi connectivity index (χ0) is 10.9. The van der Waals surface area contributed by atoms with Crippen molar-refractivity contribution in [2.45, 2.75) is 51.9 Å². The quantitative estimate of drug-likeness (QED) is 0.402. The smallest absolute Gasteiger partial charge is 0.264 e. The predicted octanol–water partition coefficient (Wildman–Crippen LogP) is 2.55. The molecule has 0 fully saturated rings. The maximum absolute atomic E-state index is 10.1. The van der Waals surface area contributed by atoms with Crippen LogP contribution in [-0.2, 0) is 31.7 Å². The van der Waals surface area contributed by atoms with Crippen LogP contribution in [-0.4, -0.2) is 19.6 Å². The zero-order valence-corrected chi connectivity index (χ0v) is 10.8. The molecule has 0 aromatic carbocycles. The Balaban J connectivity index is 0. The second-order valence-corrected chi connectivity index (χ2v) is 4.46. The second kappa shape index (κ2) is 10.9. The molecule has 0 aliphatic heterocycles. The van der Waals surface area contributed by atoms with Crippen LogP contribution >= 0.6 is 0 Å². The number of hydrogen-bond donors (Lipinski definition) is 1. The van der Waals surface area contributed by atoms with Crippen LogP contribution in [0.3, 0.4) is 0 Å². The van der Waals surface area contributed by atoms with Gasteiger partial charge in [0.1, 0.15) is 0 Å². The maximum atomic E-state index is 10.1. The monoisotopic (exact) mass is 287 g/mol. The van der Waals surface area contributed by atoms with Gasteiger partial charge in [0.2, 0.25) is 0 Å². The molecule has 0 amide bonds. The molecule has 0 saturated heterocycles. The number of rotatable bonds is 9. The topological polar surface area (TPSA) is 63.6 Å². The summed E-state index contributed by atoms with van der Waals surface area (Å²) < 4.78 is 32.7. The molecule has 1 N–H and O–H groups in total. The van der Waals surface area contributed by atoms with Gasteiger partial charge in [0, 0.05) is 17.1 Å². The largest absolute Gasteiger partial charge is 0.397 e. The molecule has 0 rings (SSSR count). The maximum Gasteiger partial charge on any atom is 0.397 e. The Morgan fingerprint density at radius 2 is 1.47 bits per heavy atom. The van der Waals surface area contributed by atoms with Gasteiger partial charge in [-0.25, -0.2) is 4.18 Å². The molecule has 97 valence electrons. The summed E-state index contributed by atoms with van der Waals surface area (Å²) in [5.41, 5.74) is 0. The van der Waals surface area contributed by atoms with Crippen LogP contribution in [0.5, 0.6) is 0 Å². The molecule has 0 heterocycles. The summed E-state index contributed by atoms with van der Waals surface area (Å²) in [5.74, 6) is 0. The summed E-state index contributed by atoms with van der Waals surface area (Å²) >= 11 is 0. The van der Waals surface area contributed by atoms with Crippen molar-refractivity contribution < 1.29 is 34.2 Å². The normalized spacial score (nSPS) is 11.1. The summed E-state index contributed by atoms with van der Waals surface area (Å²) in [6, 6.07) is 0. The first kappa shape index (κ1) is 17.8. The first-order valence-corrected chi connectivity index (χ1v) is 6.54. The minimum Gasteiger partial charge on any atom is -0.264 e. The summed E-state index contributed by atoms with van der Waals surface area (Å²) in [5, 5.41) is 0. The minimum atomic E-state index is -4.23. The van der Waals surface area contributed by atoms with Crippen molar-refractivity contribution >= 4 is 10.4 Å². The van der Waals surface area contributed by atoms with Crippen LogP contribution in [0.25, 0.3) is 0 Å². The van der Waals surface area contributed by atoms with E-state index in [0.29, 0.717) is 6.42 Å². The Hall–Kier alpha value is 0.389. The van der Waals surface area contributed by atoms with E-state index in [0.717, 1.165) is 12.8 Å². The molecule has 0 atom stereocenters. The van der Waals surface area contributed by atoms with E-state index < -0.39 is 10.4 Å². The van der Waals surface area contributed by atoms with E-state index in [2.05, 4.69) is 11.1 Å². The molecule has 0 aliphatic rings. The summed E-state index contributed by atoms with van der Waals surface area (Å²) in [6.07, 6.45) is 7.68. The standard InChI is InChI=1S/C9H20O4S.Cu/c1-2-3-4-5-6-7-8-9-13-14(10,11)12;/h2-9H2,1H3,(H,10,11,12);. The Kier molecular flexibility index (Phi) is 12.9. The average molecular weight is 288 g/mol. The molecular weight excluding hydrogens is 268 g/mol. The molecule has 4 nitrogen and oxygen atoms in total. The molecule has 0 unspecified atom stereocenters. The fourth-order valence-electron chi connectivity index (χ4n) is 1.22. The Labute approximate surface area is 103 Å². The molecular formula is C9H20CuO4S. The molecule has 15 heavy (non-hydrogen) atoms. The first-order chi connectivity index (χ1) is 6.56. The average Bonchev–Trinajstić information content (AvgIpc) is 2.08. The minimum absolute atomic E-state index is 0. The third-order valence-electron chi connectivity index (χ3n) is 1.98. The van der Waals surface area contributed by atoms with Gasteiger partial charge < -0.3 is 0 Å². The first-order valence-electron chi connectivity index (χ1n) is 5.18. The summed E-state index contributed by atoms with van der Waals surface area (Å²) in [6.45, 7) is 2.26. The van der Waals surface area contributed by atoms with E-state index in [4.69, 9.17) is 4.55 Å². The third kappa shape index (κ3) is 17.0.